The van der Waals surface area contributed by atoms with Gasteiger partial charge in [-0.1, -0.05) is 48.0 Å². The van der Waals surface area contributed by atoms with Crippen LogP contribution in [0.25, 0.3) is 0 Å². The van der Waals surface area contributed by atoms with Gasteiger partial charge >= 0.3 is 0 Å². The van der Waals surface area contributed by atoms with Gasteiger partial charge in [0.2, 0.25) is 5.91 Å². The molecule has 5 heteroatoms. The van der Waals surface area contributed by atoms with Gasteiger partial charge in [-0.05, 0) is 80.7 Å². The van der Waals surface area contributed by atoms with Crippen LogP contribution in [0.15, 0.2) is 48.5 Å². The number of hydrogen-bond donors (Lipinski definition) is 1. The summed E-state index contributed by atoms with van der Waals surface area (Å²) in [5.74, 6) is 0.328. The largest absolute Gasteiger partial charge is 0.352 e. The van der Waals surface area contributed by atoms with Crippen LogP contribution < -0.4 is 5.32 Å². The van der Waals surface area contributed by atoms with Gasteiger partial charge in [0.25, 0.3) is 0 Å². The third-order valence-corrected chi connectivity index (χ3v) is 6.69. The maximum Gasteiger partial charge on any atom is 0.223 e. The summed E-state index contributed by atoms with van der Waals surface area (Å²) in [7, 11) is 0. The molecule has 2 aromatic carbocycles. The van der Waals surface area contributed by atoms with E-state index in [0.29, 0.717) is 6.54 Å². The van der Waals surface area contributed by atoms with E-state index >= 15 is 0 Å². The van der Waals surface area contributed by atoms with Crippen LogP contribution in [-0.2, 0) is 24.4 Å². The van der Waals surface area contributed by atoms with Gasteiger partial charge in [0.1, 0.15) is 0 Å². The number of likely N-dealkylation sites (tertiary alicyclic amines) is 2. The minimum Gasteiger partial charge on any atom is -0.352 e. The second-order valence-electron chi connectivity index (χ2n) is 8.65. The Balaban J connectivity index is 1.24. The Morgan fingerprint density at radius 2 is 1.50 bits per heavy atom. The Hall–Kier alpha value is -1.88. The van der Waals surface area contributed by atoms with Gasteiger partial charge in [-0.15, -0.1) is 0 Å². The zero-order valence-corrected chi connectivity index (χ0v) is 18.4. The average Bonchev–Trinajstić information content (AvgIpc) is 3.28. The summed E-state index contributed by atoms with van der Waals surface area (Å²) in [6.07, 6.45) is 4.45. The molecule has 0 aromatic heterocycles. The lowest BCUT2D eigenvalue weighted by Crippen LogP contribution is -2.40. The van der Waals surface area contributed by atoms with Gasteiger partial charge in [0.05, 0.1) is 0 Å². The second-order valence-corrected chi connectivity index (χ2v) is 9.08. The lowest BCUT2D eigenvalue weighted by Gasteiger charge is -2.31. The summed E-state index contributed by atoms with van der Waals surface area (Å²) in [4.78, 5) is 17.7. The number of halogens is 1. The summed E-state index contributed by atoms with van der Waals surface area (Å²) in [5.41, 5.74) is 3.87. The van der Waals surface area contributed by atoms with Gasteiger partial charge in [0.15, 0.2) is 0 Å². The highest BCUT2D eigenvalue weighted by Crippen LogP contribution is 2.21. The quantitative estimate of drug-likeness (QED) is 0.711. The molecule has 0 spiro atoms. The lowest BCUT2D eigenvalue weighted by molar-refractivity contribution is -0.126. The molecule has 0 atom stereocenters. The number of benzene rings is 2. The van der Waals surface area contributed by atoms with Crippen molar-refractivity contribution < 1.29 is 4.79 Å². The van der Waals surface area contributed by atoms with Gasteiger partial charge in [-0.2, -0.15) is 0 Å². The normalized spacial score (nSPS) is 18.6. The molecule has 0 radical (unpaired) electrons. The number of amides is 1. The van der Waals surface area contributed by atoms with E-state index in [-0.39, 0.29) is 11.8 Å². The highest BCUT2D eigenvalue weighted by molar-refractivity contribution is 6.30. The summed E-state index contributed by atoms with van der Waals surface area (Å²) in [6, 6.07) is 16.6. The van der Waals surface area contributed by atoms with Crippen molar-refractivity contribution in [2.75, 3.05) is 26.2 Å². The van der Waals surface area contributed by atoms with Crippen molar-refractivity contribution >= 4 is 17.5 Å². The Morgan fingerprint density at radius 3 is 2.20 bits per heavy atom. The first-order valence-corrected chi connectivity index (χ1v) is 11.6. The first-order chi connectivity index (χ1) is 14.7. The molecule has 2 aliphatic heterocycles. The van der Waals surface area contributed by atoms with E-state index in [1.54, 1.807) is 0 Å². The third kappa shape index (κ3) is 5.84. The molecule has 1 amide bonds. The number of nitrogens with zero attached hydrogens (tertiary/aromatic N) is 2. The summed E-state index contributed by atoms with van der Waals surface area (Å²) < 4.78 is 0. The van der Waals surface area contributed by atoms with E-state index in [4.69, 9.17) is 11.6 Å². The molecule has 2 aromatic rings. The molecular weight excluding hydrogens is 394 g/mol. The van der Waals surface area contributed by atoms with Crippen LogP contribution in [0.2, 0.25) is 5.02 Å². The van der Waals surface area contributed by atoms with Crippen LogP contribution in [0, 0.1) is 5.92 Å². The molecule has 0 aliphatic carbocycles. The number of nitrogens with one attached hydrogen (secondary N) is 1. The lowest BCUT2D eigenvalue weighted by atomic mass is 9.95. The van der Waals surface area contributed by atoms with Gasteiger partial charge in [-0.25, -0.2) is 0 Å². The van der Waals surface area contributed by atoms with E-state index in [9.17, 15) is 4.79 Å². The molecule has 1 N–H and O–H groups in total. The fourth-order valence-electron chi connectivity index (χ4n) is 4.59. The molecule has 4 nitrogen and oxygen atoms in total. The third-order valence-electron chi connectivity index (χ3n) is 6.44. The zero-order chi connectivity index (χ0) is 20.8. The van der Waals surface area contributed by atoms with E-state index in [0.717, 1.165) is 44.0 Å². The first-order valence-electron chi connectivity index (χ1n) is 11.2. The molecule has 4 rings (SSSR count). The molecule has 2 heterocycles. The minimum atomic E-state index is 0.122. The fourth-order valence-corrected chi connectivity index (χ4v) is 4.72. The topological polar surface area (TPSA) is 35.6 Å². The molecule has 0 saturated carbocycles. The van der Waals surface area contributed by atoms with Gasteiger partial charge in [0, 0.05) is 30.6 Å². The van der Waals surface area contributed by atoms with Crippen LogP contribution in [-0.4, -0.2) is 41.9 Å². The maximum atomic E-state index is 12.8. The number of piperidine rings is 1. The van der Waals surface area contributed by atoms with Crippen molar-refractivity contribution in [2.45, 2.75) is 45.3 Å². The SMILES string of the molecule is O=C(NCc1ccccc1CN1CCCC1)C1CCN(Cc2ccc(Cl)cc2)CC1. The van der Waals surface area contributed by atoms with Crippen molar-refractivity contribution in [3.63, 3.8) is 0 Å². The van der Waals surface area contributed by atoms with Crippen molar-refractivity contribution in [3.8, 4) is 0 Å². The fraction of sp³-hybridized carbons (Fsp3) is 0.480. The van der Waals surface area contributed by atoms with Crippen LogP contribution in [0.5, 0.6) is 0 Å². The van der Waals surface area contributed by atoms with E-state index in [1.807, 2.05) is 12.1 Å². The van der Waals surface area contributed by atoms with E-state index in [1.165, 1.54) is 42.6 Å². The van der Waals surface area contributed by atoms with Crippen LogP contribution in [0.4, 0.5) is 0 Å². The molecule has 0 bridgehead atoms. The molecule has 160 valence electrons. The number of carbonyl (C=O) groups excluding carboxylic acids is 1. The summed E-state index contributed by atoms with van der Waals surface area (Å²) in [5, 5.41) is 3.99. The smallest absolute Gasteiger partial charge is 0.223 e. The molecule has 2 saturated heterocycles. The number of carbonyl (C=O) groups is 1. The maximum absolute atomic E-state index is 12.8. The average molecular weight is 426 g/mol. The van der Waals surface area contributed by atoms with Crippen molar-refractivity contribution in [3.05, 3.63) is 70.2 Å². The molecule has 2 fully saturated rings. The van der Waals surface area contributed by atoms with Crippen LogP contribution >= 0.6 is 11.6 Å². The van der Waals surface area contributed by atoms with Gasteiger partial charge < -0.3 is 5.32 Å². The zero-order valence-electron chi connectivity index (χ0n) is 17.7. The Morgan fingerprint density at radius 1 is 0.867 bits per heavy atom. The number of rotatable bonds is 7. The molecule has 2 aliphatic rings. The van der Waals surface area contributed by atoms with Crippen LogP contribution in [0.1, 0.15) is 42.4 Å². The Bertz CT molecular complexity index is 825. The predicted octanol–water partition coefficient (Wildman–Crippen LogP) is 4.46. The second kappa shape index (κ2) is 10.4. The molecule has 30 heavy (non-hydrogen) atoms. The van der Waals surface area contributed by atoms with Gasteiger partial charge in [-0.3, -0.25) is 14.6 Å². The van der Waals surface area contributed by atoms with Crippen LogP contribution in [0.3, 0.4) is 0 Å². The first kappa shape index (κ1) is 21.4. The highest BCUT2D eigenvalue weighted by Gasteiger charge is 2.25. The Labute approximate surface area is 185 Å². The summed E-state index contributed by atoms with van der Waals surface area (Å²) in [6.45, 7) is 6.86. The standard InChI is InChI=1S/C25H32ClN3O/c26-24-9-7-20(8-10-24)18-29-15-11-21(12-16-29)25(30)27-17-22-5-1-2-6-23(22)19-28-13-3-4-14-28/h1-2,5-10,21H,3-4,11-19H2,(H,27,30). The molecule has 0 unspecified atom stereocenters. The molecular formula is C25H32ClN3O. The summed E-state index contributed by atoms with van der Waals surface area (Å²) >= 11 is 5.97. The predicted molar refractivity (Wildman–Crippen MR) is 122 cm³/mol. The highest BCUT2D eigenvalue weighted by atomic mass is 35.5. The van der Waals surface area contributed by atoms with Crippen molar-refractivity contribution in [2.24, 2.45) is 5.92 Å². The minimum absolute atomic E-state index is 0.122. The van der Waals surface area contributed by atoms with E-state index < -0.39 is 0 Å². The van der Waals surface area contributed by atoms with Crippen molar-refractivity contribution in [1.82, 2.24) is 15.1 Å². The number of hydrogen-bond acceptors (Lipinski definition) is 3. The Kier molecular flexibility index (Phi) is 7.42. The van der Waals surface area contributed by atoms with Crippen molar-refractivity contribution in [1.29, 1.82) is 0 Å². The van der Waals surface area contributed by atoms with E-state index in [2.05, 4.69) is 51.5 Å². The monoisotopic (exact) mass is 425 g/mol.